The van der Waals surface area contributed by atoms with Crippen LogP contribution >= 0.6 is 0 Å². The summed E-state index contributed by atoms with van der Waals surface area (Å²) in [5, 5.41) is 9.59. The minimum absolute atomic E-state index is 1.26. The average molecular weight is 229 g/mol. The topological polar surface area (TPSA) is 20.2 Å². The average Bonchev–Trinajstić information content (AvgIpc) is 2.29. The first kappa shape index (κ1) is 15.2. The fourth-order valence-corrected chi connectivity index (χ4v) is 6.47. The third-order valence-electron chi connectivity index (χ3n) is 3.36. The summed E-state index contributed by atoms with van der Waals surface area (Å²) in [6.07, 6.45) is 9.35. The molecule has 15 heavy (non-hydrogen) atoms. The van der Waals surface area contributed by atoms with Gasteiger partial charge in [-0.25, -0.2) is 0 Å². The Morgan fingerprint density at radius 1 is 0.800 bits per heavy atom. The van der Waals surface area contributed by atoms with Crippen LogP contribution in [-0.2, 0) is 0 Å². The predicted molar refractivity (Wildman–Crippen MR) is 71.1 cm³/mol. The lowest BCUT2D eigenvalue weighted by Gasteiger charge is -2.29. The maximum atomic E-state index is 9.59. The Balaban J connectivity index is 4.16. The van der Waals surface area contributed by atoms with Crippen molar-refractivity contribution >= 4 is 8.07 Å². The van der Waals surface area contributed by atoms with Crippen molar-refractivity contribution < 1.29 is 5.11 Å². The molecule has 0 aromatic rings. The van der Waals surface area contributed by atoms with Crippen molar-refractivity contribution in [3.05, 3.63) is 6.23 Å². The van der Waals surface area contributed by atoms with Crippen LogP contribution in [0, 0.1) is 6.23 Å². The number of aliphatic hydroxyl groups is 1. The van der Waals surface area contributed by atoms with Crippen molar-refractivity contribution in [1.82, 2.24) is 0 Å². The maximum Gasteiger partial charge on any atom is 0.0902 e. The van der Waals surface area contributed by atoms with Crippen molar-refractivity contribution in [3.8, 4) is 0 Å². The van der Waals surface area contributed by atoms with Crippen LogP contribution in [0.5, 0.6) is 0 Å². The number of hydrogen-bond acceptors (Lipinski definition) is 1. The molecular weight excluding hydrogens is 200 g/mol. The quantitative estimate of drug-likeness (QED) is 0.528. The predicted octanol–water partition coefficient (Wildman–Crippen LogP) is 4.91. The van der Waals surface area contributed by atoms with Gasteiger partial charge in [-0.05, 0) is 0 Å². The monoisotopic (exact) mass is 229 g/mol. The molecule has 1 N–H and O–H groups in total. The molecule has 0 fully saturated rings. The molecule has 0 spiro atoms. The lowest BCUT2D eigenvalue weighted by atomic mass is 10.4. The van der Waals surface area contributed by atoms with E-state index >= 15 is 0 Å². The molecule has 2 heteroatoms. The summed E-state index contributed by atoms with van der Waals surface area (Å²) in [5.74, 6) is 0. The Morgan fingerprint density at radius 2 is 1.13 bits per heavy atom. The van der Waals surface area contributed by atoms with Gasteiger partial charge < -0.3 is 5.11 Å². The number of aliphatic hydroxyl groups excluding tert-OH is 1. The van der Waals surface area contributed by atoms with Crippen molar-refractivity contribution in [1.29, 1.82) is 0 Å². The van der Waals surface area contributed by atoms with Gasteiger partial charge in [0.1, 0.15) is 0 Å². The van der Waals surface area contributed by atoms with Crippen LogP contribution in [0.4, 0.5) is 0 Å². The van der Waals surface area contributed by atoms with Gasteiger partial charge in [-0.3, -0.25) is 0 Å². The summed E-state index contributed by atoms with van der Waals surface area (Å²) in [4.78, 5) is 0. The molecule has 0 unspecified atom stereocenters. The van der Waals surface area contributed by atoms with Gasteiger partial charge >= 0.3 is 0 Å². The molecule has 0 saturated heterocycles. The first-order chi connectivity index (χ1) is 7.24. The highest BCUT2D eigenvalue weighted by molar-refractivity contribution is 6.82. The largest absolute Gasteiger partial charge is 0.394 e. The summed E-state index contributed by atoms with van der Waals surface area (Å²) >= 11 is 0. The van der Waals surface area contributed by atoms with Crippen molar-refractivity contribution in [2.24, 2.45) is 0 Å². The van der Waals surface area contributed by atoms with Gasteiger partial charge in [-0.1, -0.05) is 77.4 Å². The summed E-state index contributed by atoms with van der Waals surface area (Å²) < 4.78 is 0. The lowest BCUT2D eigenvalue weighted by Crippen LogP contribution is -2.35. The third kappa shape index (κ3) is 6.36. The van der Waals surface area contributed by atoms with Gasteiger partial charge in [0.2, 0.25) is 0 Å². The molecule has 0 rings (SSSR count). The van der Waals surface area contributed by atoms with Gasteiger partial charge in [0.25, 0.3) is 0 Å². The molecule has 0 saturated carbocycles. The first-order valence-electron chi connectivity index (χ1n) is 6.73. The molecular formula is C13H29OSi. The van der Waals surface area contributed by atoms with Gasteiger partial charge in [0, 0.05) is 0 Å². The van der Waals surface area contributed by atoms with Gasteiger partial charge in [-0.15, -0.1) is 0 Å². The minimum Gasteiger partial charge on any atom is -0.394 e. The molecule has 0 amide bonds. The highest BCUT2D eigenvalue weighted by Gasteiger charge is 2.30. The van der Waals surface area contributed by atoms with Crippen LogP contribution in [0.2, 0.25) is 18.1 Å². The molecule has 0 aromatic carbocycles. The van der Waals surface area contributed by atoms with Gasteiger partial charge in [0.15, 0.2) is 0 Å². The van der Waals surface area contributed by atoms with Crippen molar-refractivity contribution in [3.63, 3.8) is 0 Å². The van der Waals surface area contributed by atoms with E-state index in [1.165, 1.54) is 56.7 Å². The van der Waals surface area contributed by atoms with E-state index in [9.17, 15) is 5.11 Å². The van der Waals surface area contributed by atoms with E-state index in [-0.39, 0.29) is 0 Å². The number of rotatable bonds is 10. The van der Waals surface area contributed by atoms with E-state index in [4.69, 9.17) is 0 Å². The Kier molecular flexibility index (Phi) is 9.52. The second kappa shape index (κ2) is 9.41. The highest BCUT2D eigenvalue weighted by Crippen LogP contribution is 2.29. The van der Waals surface area contributed by atoms with Gasteiger partial charge in [-0.2, -0.15) is 0 Å². The van der Waals surface area contributed by atoms with E-state index in [1.807, 2.05) is 0 Å². The smallest absolute Gasteiger partial charge is 0.0902 e. The van der Waals surface area contributed by atoms with E-state index in [1.54, 1.807) is 6.23 Å². The zero-order valence-corrected chi connectivity index (χ0v) is 11.9. The molecule has 0 aliphatic carbocycles. The molecule has 0 atom stereocenters. The zero-order valence-electron chi connectivity index (χ0n) is 10.9. The van der Waals surface area contributed by atoms with Crippen LogP contribution < -0.4 is 0 Å². The van der Waals surface area contributed by atoms with Crippen LogP contribution in [0.1, 0.15) is 59.3 Å². The first-order valence-corrected chi connectivity index (χ1v) is 9.43. The van der Waals surface area contributed by atoms with E-state index < -0.39 is 8.07 Å². The number of hydrogen-bond donors (Lipinski definition) is 1. The SMILES string of the molecule is CCCC[Si]([CH]O)(CCCC)CCCC. The maximum absolute atomic E-state index is 9.59. The fourth-order valence-electron chi connectivity index (χ4n) is 2.16. The molecule has 0 aliphatic heterocycles. The Hall–Kier alpha value is 0.177. The molecule has 1 radical (unpaired) electrons. The Labute approximate surface area is 97.3 Å². The van der Waals surface area contributed by atoms with Crippen LogP contribution in [0.15, 0.2) is 0 Å². The molecule has 0 bridgehead atoms. The Morgan fingerprint density at radius 3 is 1.33 bits per heavy atom. The second-order valence-electron chi connectivity index (χ2n) is 4.80. The fraction of sp³-hybridized carbons (Fsp3) is 0.923. The summed E-state index contributed by atoms with van der Waals surface area (Å²) in [6, 6.07) is 3.92. The summed E-state index contributed by atoms with van der Waals surface area (Å²) in [7, 11) is -1.40. The molecule has 91 valence electrons. The zero-order chi connectivity index (χ0) is 11.6. The van der Waals surface area contributed by atoms with E-state index in [0.717, 1.165) is 0 Å². The summed E-state index contributed by atoms with van der Waals surface area (Å²) in [5.41, 5.74) is 0. The molecule has 1 nitrogen and oxygen atoms in total. The molecule has 0 aromatic heterocycles. The molecule has 0 aliphatic rings. The van der Waals surface area contributed by atoms with Gasteiger partial charge in [0.05, 0.1) is 14.3 Å². The van der Waals surface area contributed by atoms with Crippen LogP contribution in [0.25, 0.3) is 0 Å². The Bertz CT molecular complexity index is 115. The summed E-state index contributed by atoms with van der Waals surface area (Å²) in [6.45, 7) is 6.74. The van der Waals surface area contributed by atoms with E-state index in [0.29, 0.717) is 0 Å². The van der Waals surface area contributed by atoms with Crippen molar-refractivity contribution in [2.45, 2.75) is 77.4 Å². The second-order valence-corrected chi connectivity index (χ2v) is 9.29. The lowest BCUT2D eigenvalue weighted by molar-refractivity contribution is 0.428. The standard InChI is InChI=1S/C13H29OSi/c1-4-7-10-15(13-14,11-8-5-2)12-9-6-3/h13-14H,4-12H2,1-3H3. The number of unbranched alkanes of at least 4 members (excludes halogenated alkanes) is 3. The van der Waals surface area contributed by atoms with Crippen molar-refractivity contribution in [2.75, 3.05) is 0 Å². The third-order valence-corrected chi connectivity index (χ3v) is 7.95. The minimum atomic E-state index is -1.40. The van der Waals surface area contributed by atoms with Crippen LogP contribution in [0.3, 0.4) is 0 Å². The van der Waals surface area contributed by atoms with E-state index in [2.05, 4.69) is 20.8 Å². The highest BCUT2D eigenvalue weighted by atomic mass is 28.3. The molecule has 0 heterocycles. The normalized spacial score (nSPS) is 12.0. The van der Waals surface area contributed by atoms with Crippen LogP contribution in [-0.4, -0.2) is 13.2 Å².